The van der Waals surface area contributed by atoms with Crippen LogP contribution in [0.1, 0.15) is 32.6 Å². The minimum Gasteiger partial charge on any atom is -0.306 e. The molecule has 0 atom stereocenters. The molecule has 86 valence electrons. The van der Waals surface area contributed by atoms with Gasteiger partial charge in [-0.2, -0.15) is 0 Å². The van der Waals surface area contributed by atoms with Crippen molar-refractivity contribution in [1.29, 1.82) is 0 Å². The number of nitrogens with one attached hydrogen (secondary N) is 1. The number of carbonyl (C=O) groups is 2. The second-order valence-corrected chi connectivity index (χ2v) is 4.52. The Balaban J connectivity index is 2.53. The van der Waals surface area contributed by atoms with Gasteiger partial charge in [0, 0.05) is 6.42 Å². The second-order valence-electron chi connectivity index (χ2n) is 4.52. The summed E-state index contributed by atoms with van der Waals surface area (Å²) in [7, 11) is 2.10. The maximum Gasteiger partial charge on any atom is 0.226 e. The summed E-state index contributed by atoms with van der Waals surface area (Å²) in [5.74, 6) is -0.142. The van der Waals surface area contributed by atoms with E-state index in [1.807, 2.05) is 0 Å². The average molecular weight is 212 g/mol. The molecule has 1 saturated heterocycles. The van der Waals surface area contributed by atoms with Gasteiger partial charge in [0.2, 0.25) is 12.3 Å². The summed E-state index contributed by atoms with van der Waals surface area (Å²) in [5, 5.41) is 2.23. The molecule has 0 aliphatic carbocycles. The Morgan fingerprint density at radius 1 is 1.47 bits per heavy atom. The molecule has 4 nitrogen and oxygen atoms in total. The molecule has 15 heavy (non-hydrogen) atoms. The number of imide groups is 1. The van der Waals surface area contributed by atoms with Gasteiger partial charge in [0.05, 0.1) is 0 Å². The van der Waals surface area contributed by atoms with Crippen molar-refractivity contribution in [3.8, 4) is 0 Å². The first-order chi connectivity index (χ1) is 7.12. The maximum absolute atomic E-state index is 11.4. The standard InChI is InChI=1S/C11H20N2O2/c1-3-11(8-10(15)12-9-14)4-6-13(2)7-5-11/h9H,3-8H2,1-2H3,(H,12,14,15). The molecular formula is C11H20N2O2. The van der Waals surface area contributed by atoms with Gasteiger partial charge in [0.25, 0.3) is 0 Å². The molecule has 1 heterocycles. The minimum atomic E-state index is -0.142. The van der Waals surface area contributed by atoms with Crippen LogP contribution in [-0.2, 0) is 9.59 Å². The summed E-state index contributed by atoms with van der Waals surface area (Å²) in [6, 6.07) is 0. The lowest BCUT2D eigenvalue weighted by atomic mass is 9.73. The molecular weight excluding hydrogens is 192 g/mol. The van der Waals surface area contributed by atoms with Crippen molar-refractivity contribution in [3.05, 3.63) is 0 Å². The number of hydrogen-bond acceptors (Lipinski definition) is 3. The van der Waals surface area contributed by atoms with Crippen LogP contribution in [0.5, 0.6) is 0 Å². The predicted octanol–water partition coefficient (Wildman–Crippen LogP) is 0.771. The molecule has 1 N–H and O–H groups in total. The summed E-state index contributed by atoms with van der Waals surface area (Å²) in [5.41, 5.74) is 0.111. The fourth-order valence-electron chi connectivity index (χ4n) is 2.21. The van der Waals surface area contributed by atoms with Gasteiger partial charge >= 0.3 is 0 Å². The van der Waals surface area contributed by atoms with E-state index in [2.05, 4.69) is 24.2 Å². The van der Waals surface area contributed by atoms with E-state index in [0.29, 0.717) is 12.8 Å². The zero-order chi connectivity index (χ0) is 11.3. The molecule has 1 fully saturated rings. The van der Waals surface area contributed by atoms with Gasteiger partial charge in [-0.1, -0.05) is 6.92 Å². The normalized spacial score (nSPS) is 20.9. The Bertz CT molecular complexity index is 233. The van der Waals surface area contributed by atoms with Crippen molar-refractivity contribution in [2.24, 2.45) is 5.41 Å². The molecule has 0 saturated carbocycles. The number of nitrogens with zero attached hydrogens (tertiary/aromatic N) is 1. The topological polar surface area (TPSA) is 49.4 Å². The van der Waals surface area contributed by atoms with E-state index in [0.717, 1.165) is 32.4 Å². The third-order valence-electron chi connectivity index (χ3n) is 3.55. The van der Waals surface area contributed by atoms with Gasteiger partial charge in [-0.25, -0.2) is 0 Å². The van der Waals surface area contributed by atoms with E-state index in [9.17, 15) is 9.59 Å². The largest absolute Gasteiger partial charge is 0.306 e. The lowest BCUT2D eigenvalue weighted by Gasteiger charge is -2.39. The van der Waals surface area contributed by atoms with Gasteiger partial charge in [-0.05, 0) is 44.8 Å². The van der Waals surface area contributed by atoms with Crippen molar-refractivity contribution in [1.82, 2.24) is 10.2 Å². The molecule has 0 aromatic rings. The number of rotatable bonds is 4. The first kappa shape index (κ1) is 12.2. The molecule has 2 amide bonds. The first-order valence-corrected chi connectivity index (χ1v) is 5.53. The van der Waals surface area contributed by atoms with Crippen molar-refractivity contribution < 1.29 is 9.59 Å². The molecule has 0 spiro atoms. The van der Waals surface area contributed by atoms with E-state index >= 15 is 0 Å². The summed E-state index contributed by atoms with van der Waals surface area (Å²) >= 11 is 0. The van der Waals surface area contributed by atoms with Gasteiger partial charge in [-0.15, -0.1) is 0 Å². The van der Waals surface area contributed by atoms with Crippen molar-refractivity contribution >= 4 is 12.3 Å². The Morgan fingerprint density at radius 2 is 2.07 bits per heavy atom. The van der Waals surface area contributed by atoms with Crippen LogP contribution in [0.2, 0.25) is 0 Å². The summed E-state index contributed by atoms with van der Waals surface area (Å²) in [6.07, 6.45) is 4.06. The van der Waals surface area contributed by atoms with Crippen LogP contribution in [0.3, 0.4) is 0 Å². The van der Waals surface area contributed by atoms with E-state index in [1.54, 1.807) is 0 Å². The zero-order valence-electron chi connectivity index (χ0n) is 9.58. The van der Waals surface area contributed by atoms with Crippen LogP contribution in [0.25, 0.3) is 0 Å². The van der Waals surface area contributed by atoms with E-state index in [1.165, 1.54) is 0 Å². The summed E-state index contributed by atoms with van der Waals surface area (Å²) in [6.45, 7) is 4.21. The summed E-state index contributed by atoms with van der Waals surface area (Å²) in [4.78, 5) is 23.8. The third-order valence-corrected chi connectivity index (χ3v) is 3.55. The molecule has 0 bridgehead atoms. The molecule has 0 radical (unpaired) electrons. The lowest BCUT2D eigenvalue weighted by molar-refractivity contribution is -0.127. The van der Waals surface area contributed by atoms with E-state index in [4.69, 9.17) is 0 Å². The van der Waals surface area contributed by atoms with Gasteiger partial charge in [0.1, 0.15) is 0 Å². The molecule has 0 aromatic heterocycles. The molecule has 1 aliphatic rings. The Morgan fingerprint density at radius 3 is 2.53 bits per heavy atom. The highest BCUT2D eigenvalue weighted by Crippen LogP contribution is 2.37. The van der Waals surface area contributed by atoms with Crippen molar-refractivity contribution in [2.75, 3.05) is 20.1 Å². The quantitative estimate of drug-likeness (QED) is 0.700. The number of hydrogen-bond donors (Lipinski definition) is 1. The van der Waals surface area contributed by atoms with Crippen LogP contribution in [-0.4, -0.2) is 37.4 Å². The fraction of sp³-hybridized carbons (Fsp3) is 0.818. The highest BCUT2D eigenvalue weighted by Gasteiger charge is 2.33. The number of likely N-dealkylation sites (tertiary alicyclic amines) is 1. The van der Waals surface area contributed by atoms with Gasteiger partial charge in [0.15, 0.2) is 0 Å². The van der Waals surface area contributed by atoms with Crippen molar-refractivity contribution in [2.45, 2.75) is 32.6 Å². The van der Waals surface area contributed by atoms with Crippen molar-refractivity contribution in [3.63, 3.8) is 0 Å². The van der Waals surface area contributed by atoms with E-state index < -0.39 is 0 Å². The molecule has 0 aromatic carbocycles. The molecule has 4 heteroatoms. The Labute approximate surface area is 91.0 Å². The maximum atomic E-state index is 11.4. The average Bonchev–Trinajstić information content (AvgIpc) is 2.22. The monoisotopic (exact) mass is 212 g/mol. The highest BCUT2D eigenvalue weighted by atomic mass is 16.2. The van der Waals surface area contributed by atoms with Crippen LogP contribution in [0, 0.1) is 5.41 Å². The Kier molecular flexibility index (Phi) is 4.27. The van der Waals surface area contributed by atoms with Gasteiger partial charge < -0.3 is 4.90 Å². The molecule has 1 rings (SSSR count). The zero-order valence-corrected chi connectivity index (χ0v) is 9.58. The molecule has 0 unspecified atom stereocenters. The SMILES string of the molecule is CCC1(CC(=O)NC=O)CCN(C)CC1. The number of amides is 2. The van der Waals surface area contributed by atoms with Crippen LogP contribution < -0.4 is 5.32 Å². The molecule has 1 aliphatic heterocycles. The minimum absolute atomic E-state index is 0.111. The highest BCUT2D eigenvalue weighted by molar-refractivity contribution is 5.86. The number of piperidine rings is 1. The Hall–Kier alpha value is -0.900. The smallest absolute Gasteiger partial charge is 0.226 e. The van der Waals surface area contributed by atoms with Crippen LogP contribution >= 0.6 is 0 Å². The fourth-order valence-corrected chi connectivity index (χ4v) is 2.21. The predicted molar refractivity (Wildman–Crippen MR) is 58.3 cm³/mol. The summed E-state index contributed by atoms with van der Waals surface area (Å²) < 4.78 is 0. The second kappa shape index (κ2) is 5.26. The number of carbonyl (C=O) groups excluding carboxylic acids is 2. The third kappa shape index (κ3) is 3.30. The first-order valence-electron chi connectivity index (χ1n) is 5.53. The van der Waals surface area contributed by atoms with E-state index in [-0.39, 0.29) is 11.3 Å². The van der Waals surface area contributed by atoms with Gasteiger partial charge in [-0.3, -0.25) is 14.9 Å². The van der Waals surface area contributed by atoms with Crippen LogP contribution in [0.15, 0.2) is 0 Å². The lowest BCUT2D eigenvalue weighted by Crippen LogP contribution is -2.40. The van der Waals surface area contributed by atoms with Crippen LogP contribution in [0.4, 0.5) is 0 Å².